The summed E-state index contributed by atoms with van der Waals surface area (Å²) in [6.07, 6.45) is 0. The van der Waals surface area contributed by atoms with Crippen molar-refractivity contribution >= 4 is 27.7 Å². The Morgan fingerprint density at radius 2 is 1.67 bits per heavy atom. The third kappa shape index (κ3) is 8.14. The van der Waals surface area contributed by atoms with Crippen LogP contribution in [0.25, 0.3) is 0 Å². The second-order valence-electron chi connectivity index (χ2n) is 10.2. The smallest absolute Gasteiger partial charge is 0.261 e. The Bertz CT molecular complexity index is 979. The third-order valence-corrected chi connectivity index (χ3v) is 5.70. The first kappa shape index (κ1) is 26.8. The molecule has 0 aliphatic carbocycles. The maximum absolute atomic E-state index is 13.3. The van der Waals surface area contributed by atoms with Gasteiger partial charge in [-0.25, -0.2) is 4.39 Å². The lowest BCUT2D eigenvalue weighted by Gasteiger charge is -2.31. The Morgan fingerprint density at radius 1 is 1.06 bits per heavy atom. The minimum Gasteiger partial charge on any atom is -0.483 e. The molecule has 0 fully saturated rings. The Morgan fingerprint density at radius 3 is 2.18 bits per heavy atom. The fourth-order valence-electron chi connectivity index (χ4n) is 3.15. The summed E-state index contributed by atoms with van der Waals surface area (Å²) in [5.41, 5.74) is 1.40. The molecule has 2 amide bonds. The highest BCUT2D eigenvalue weighted by Crippen LogP contribution is 2.31. The summed E-state index contributed by atoms with van der Waals surface area (Å²) in [6, 6.07) is 10.9. The molecule has 180 valence electrons. The molecule has 0 saturated heterocycles. The molecule has 0 saturated carbocycles. The molecule has 2 aromatic carbocycles. The minimum atomic E-state index is -0.739. The van der Waals surface area contributed by atoms with Crippen molar-refractivity contribution < 1.29 is 18.7 Å². The maximum Gasteiger partial charge on any atom is 0.261 e. The zero-order valence-electron chi connectivity index (χ0n) is 20.5. The number of benzene rings is 2. The number of ether oxygens (including phenoxy) is 1. The predicted octanol–water partition coefficient (Wildman–Crippen LogP) is 5.60. The summed E-state index contributed by atoms with van der Waals surface area (Å²) in [5.74, 6) is -0.428. The van der Waals surface area contributed by atoms with Crippen molar-refractivity contribution in [3.63, 3.8) is 0 Å². The fourth-order valence-corrected chi connectivity index (χ4v) is 3.64. The summed E-state index contributed by atoms with van der Waals surface area (Å²) in [7, 11) is 0. The summed E-state index contributed by atoms with van der Waals surface area (Å²) in [6.45, 7) is 13.6. The number of halogens is 2. The Kier molecular flexibility index (Phi) is 8.69. The first-order valence-corrected chi connectivity index (χ1v) is 11.8. The highest BCUT2D eigenvalue weighted by atomic mass is 79.9. The highest BCUT2D eigenvalue weighted by molar-refractivity contribution is 9.10. The largest absolute Gasteiger partial charge is 0.483 e. The number of amides is 2. The van der Waals surface area contributed by atoms with Gasteiger partial charge in [-0.2, -0.15) is 0 Å². The molecule has 2 aromatic rings. The van der Waals surface area contributed by atoms with Gasteiger partial charge in [-0.3, -0.25) is 9.59 Å². The molecule has 5 nitrogen and oxygen atoms in total. The molecule has 33 heavy (non-hydrogen) atoms. The number of carbonyl (C=O) groups is 2. The molecule has 1 atom stereocenters. The lowest BCUT2D eigenvalue weighted by molar-refractivity contribution is -0.142. The van der Waals surface area contributed by atoms with Gasteiger partial charge in [0.15, 0.2) is 6.61 Å². The van der Waals surface area contributed by atoms with Gasteiger partial charge >= 0.3 is 0 Å². The first-order valence-electron chi connectivity index (χ1n) is 11.0. The van der Waals surface area contributed by atoms with Gasteiger partial charge in [-0.15, -0.1) is 0 Å². The lowest BCUT2D eigenvalue weighted by Crippen LogP contribution is -2.53. The van der Waals surface area contributed by atoms with Gasteiger partial charge in [0, 0.05) is 12.1 Å². The van der Waals surface area contributed by atoms with E-state index in [0.717, 1.165) is 15.6 Å². The first-order chi connectivity index (χ1) is 15.2. The number of hydrogen-bond donors (Lipinski definition) is 1. The van der Waals surface area contributed by atoms with Crippen molar-refractivity contribution in [3.05, 3.63) is 63.9 Å². The van der Waals surface area contributed by atoms with E-state index in [2.05, 4.69) is 42.0 Å². The molecule has 2 rings (SSSR count). The van der Waals surface area contributed by atoms with Gasteiger partial charge in [0.25, 0.3) is 5.91 Å². The van der Waals surface area contributed by atoms with E-state index in [1.165, 1.54) is 17.0 Å². The van der Waals surface area contributed by atoms with Gasteiger partial charge in [-0.1, -0.05) is 39.0 Å². The van der Waals surface area contributed by atoms with E-state index in [4.69, 9.17) is 4.74 Å². The van der Waals surface area contributed by atoms with Gasteiger partial charge in [0.1, 0.15) is 17.6 Å². The lowest BCUT2D eigenvalue weighted by atomic mass is 9.87. The number of rotatable bonds is 7. The SMILES string of the molecule is C[C@H](C(=O)NC(C)(C)C)N(Cc1ccc(F)cc1)C(=O)COc1ccc(C(C)(C)C)cc1Br. The van der Waals surface area contributed by atoms with Crippen LogP contribution >= 0.6 is 15.9 Å². The number of hydrogen-bond acceptors (Lipinski definition) is 3. The molecule has 0 radical (unpaired) electrons. The van der Waals surface area contributed by atoms with Crippen LogP contribution in [0.3, 0.4) is 0 Å². The van der Waals surface area contributed by atoms with Crippen LogP contribution in [0.5, 0.6) is 5.75 Å². The molecular formula is C26H34BrFN2O3. The molecule has 0 bridgehead atoms. The van der Waals surface area contributed by atoms with E-state index in [9.17, 15) is 14.0 Å². The van der Waals surface area contributed by atoms with Crippen LogP contribution in [-0.4, -0.2) is 34.9 Å². The van der Waals surface area contributed by atoms with E-state index in [1.54, 1.807) is 19.1 Å². The molecule has 0 aromatic heterocycles. The summed E-state index contributed by atoms with van der Waals surface area (Å²) < 4.78 is 19.9. The van der Waals surface area contributed by atoms with Crippen molar-refractivity contribution in [2.24, 2.45) is 0 Å². The quantitative estimate of drug-likeness (QED) is 0.517. The van der Waals surface area contributed by atoms with Crippen molar-refractivity contribution in [1.82, 2.24) is 10.2 Å². The van der Waals surface area contributed by atoms with E-state index < -0.39 is 11.6 Å². The zero-order chi connectivity index (χ0) is 25.0. The molecule has 0 aliphatic rings. The number of carbonyl (C=O) groups excluding carboxylic acids is 2. The second-order valence-corrected chi connectivity index (χ2v) is 11.1. The van der Waals surface area contributed by atoms with E-state index in [-0.39, 0.29) is 36.2 Å². The standard InChI is InChI=1S/C26H34BrFN2O3/c1-17(24(32)29-26(5,6)7)30(15-18-8-11-20(28)12-9-18)23(31)16-33-22-13-10-19(14-21(22)27)25(2,3)4/h8-14,17H,15-16H2,1-7H3,(H,29,32)/t17-/m1/s1. The van der Waals surface area contributed by atoms with Crippen LogP contribution in [0.1, 0.15) is 59.6 Å². The molecular weight excluding hydrogens is 487 g/mol. The Hall–Kier alpha value is -2.41. The monoisotopic (exact) mass is 520 g/mol. The second kappa shape index (κ2) is 10.7. The van der Waals surface area contributed by atoms with Crippen LogP contribution in [0.2, 0.25) is 0 Å². The van der Waals surface area contributed by atoms with E-state index in [1.807, 2.05) is 39.0 Å². The third-order valence-electron chi connectivity index (χ3n) is 5.08. The summed E-state index contributed by atoms with van der Waals surface area (Å²) in [5, 5.41) is 2.91. The van der Waals surface area contributed by atoms with Gasteiger partial charge in [0.05, 0.1) is 4.47 Å². The molecule has 1 N–H and O–H groups in total. The normalized spacial score (nSPS) is 12.8. The van der Waals surface area contributed by atoms with Crippen molar-refractivity contribution in [2.45, 2.75) is 72.0 Å². The van der Waals surface area contributed by atoms with Crippen LogP contribution < -0.4 is 10.1 Å². The van der Waals surface area contributed by atoms with Crippen molar-refractivity contribution in [2.75, 3.05) is 6.61 Å². The van der Waals surface area contributed by atoms with Gasteiger partial charge in [0.2, 0.25) is 5.91 Å². The summed E-state index contributed by atoms with van der Waals surface area (Å²) >= 11 is 3.52. The van der Waals surface area contributed by atoms with E-state index >= 15 is 0 Å². The molecule has 0 spiro atoms. The Balaban J connectivity index is 2.20. The van der Waals surface area contributed by atoms with Crippen molar-refractivity contribution in [1.29, 1.82) is 0 Å². The van der Waals surface area contributed by atoms with Gasteiger partial charge in [-0.05, 0) is 84.4 Å². The van der Waals surface area contributed by atoms with Crippen LogP contribution in [-0.2, 0) is 21.5 Å². The Labute approximate surface area is 204 Å². The zero-order valence-corrected chi connectivity index (χ0v) is 22.0. The molecule has 7 heteroatoms. The summed E-state index contributed by atoms with van der Waals surface area (Å²) in [4.78, 5) is 27.4. The maximum atomic E-state index is 13.3. The predicted molar refractivity (Wildman–Crippen MR) is 133 cm³/mol. The van der Waals surface area contributed by atoms with Crippen LogP contribution in [0.4, 0.5) is 4.39 Å². The number of nitrogens with one attached hydrogen (secondary N) is 1. The highest BCUT2D eigenvalue weighted by Gasteiger charge is 2.29. The molecule has 0 aliphatic heterocycles. The minimum absolute atomic E-state index is 0.0152. The average molecular weight is 521 g/mol. The fraction of sp³-hybridized carbons (Fsp3) is 0.462. The number of nitrogens with zero attached hydrogens (tertiary/aromatic N) is 1. The molecule has 0 heterocycles. The topological polar surface area (TPSA) is 58.6 Å². The van der Waals surface area contributed by atoms with E-state index in [0.29, 0.717) is 5.75 Å². The molecule has 0 unspecified atom stereocenters. The van der Waals surface area contributed by atoms with Crippen LogP contribution in [0.15, 0.2) is 46.9 Å². The van der Waals surface area contributed by atoms with Gasteiger partial charge < -0.3 is 15.0 Å². The average Bonchev–Trinajstić information content (AvgIpc) is 2.69. The van der Waals surface area contributed by atoms with Crippen molar-refractivity contribution in [3.8, 4) is 5.75 Å². The van der Waals surface area contributed by atoms with Crippen LogP contribution in [0, 0.1) is 5.82 Å².